The highest BCUT2D eigenvalue weighted by atomic mass is 16.5. The van der Waals surface area contributed by atoms with Crippen LogP contribution < -0.4 is 15.2 Å². The molecule has 0 aromatic heterocycles. The van der Waals surface area contributed by atoms with Gasteiger partial charge in [0.2, 0.25) is 0 Å². The SMILES string of the molecule is COc1cc(CC(C)N)cc2c1OC(C)C2. The van der Waals surface area contributed by atoms with Crippen LogP contribution in [0.1, 0.15) is 25.0 Å². The second-order valence-electron chi connectivity index (χ2n) is 4.60. The minimum atomic E-state index is 0.169. The maximum absolute atomic E-state index is 5.82. The van der Waals surface area contributed by atoms with Gasteiger partial charge >= 0.3 is 0 Å². The summed E-state index contributed by atoms with van der Waals surface area (Å²) in [6.07, 6.45) is 2.07. The number of hydrogen-bond acceptors (Lipinski definition) is 3. The standard InChI is InChI=1S/C13H19NO2/c1-8(14)4-10-6-11-5-9(2)16-13(11)12(7-10)15-3/h6-9H,4-5,14H2,1-3H3. The molecule has 88 valence electrons. The molecule has 1 aliphatic rings. The topological polar surface area (TPSA) is 44.5 Å². The van der Waals surface area contributed by atoms with E-state index in [1.54, 1.807) is 7.11 Å². The zero-order valence-electron chi connectivity index (χ0n) is 10.1. The average molecular weight is 221 g/mol. The summed E-state index contributed by atoms with van der Waals surface area (Å²) in [4.78, 5) is 0. The first kappa shape index (κ1) is 11.3. The lowest BCUT2D eigenvalue weighted by Gasteiger charge is -2.11. The van der Waals surface area contributed by atoms with Crippen LogP contribution in [0.15, 0.2) is 12.1 Å². The van der Waals surface area contributed by atoms with E-state index >= 15 is 0 Å². The van der Waals surface area contributed by atoms with Crippen molar-refractivity contribution in [2.45, 2.75) is 38.8 Å². The van der Waals surface area contributed by atoms with Gasteiger partial charge in [-0.05, 0) is 31.9 Å². The van der Waals surface area contributed by atoms with Gasteiger partial charge in [-0.15, -0.1) is 0 Å². The highest BCUT2D eigenvalue weighted by molar-refractivity contribution is 5.52. The zero-order chi connectivity index (χ0) is 11.7. The van der Waals surface area contributed by atoms with Gasteiger partial charge in [0.1, 0.15) is 6.10 Å². The fourth-order valence-electron chi connectivity index (χ4n) is 2.20. The van der Waals surface area contributed by atoms with Crippen LogP contribution in [-0.4, -0.2) is 19.3 Å². The lowest BCUT2D eigenvalue weighted by molar-refractivity contribution is 0.243. The Balaban J connectivity index is 2.35. The van der Waals surface area contributed by atoms with Crippen LogP contribution in [0.3, 0.4) is 0 Å². The second kappa shape index (κ2) is 4.34. The summed E-state index contributed by atoms with van der Waals surface area (Å²) in [6, 6.07) is 4.38. The quantitative estimate of drug-likeness (QED) is 0.848. The van der Waals surface area contributed by atoms with Crippen LogP contribution in [0.4, 0.5) is 0 Å². The maximum atomic E-state index is 5.82. The fraction of sp³-hybridized carbons (Fsp3) is 0.538. The molecule has 0 aliphatic carbocycles. The summed E-state index contributed by atoms with van der Waals surface area (Å²) >= 11 is 0. The number of hydrogen-bond donors (Lipinski definition) is 1. The summed E-state index contributed by atoms with van der Waals surface area (Å²) in [6.45, 7) is 4.09. The van der Waals surface area contributed by atoms with Crippen molar-refractivity contribution in [1.29, 1.82) is 0 Å². The molecular formula is C13H19NO2. The predicted octanol–water partition coefficient (Wildman–Crippen LogP) is 1.91. The summed E-state index contributed by atoms with van der Waals surface area (Å²) in [5.74, 6) is 1.74. The first-order chi connectivity index (χ1) is 7.60. The number of methoxy groups -OCH3 is 1. The Labute approximate surface area is 96.5 Å². The molecule has 3 nitrogen and oxygen atoms in total. The summed E-state index contributed by atoms with van der Waals surface area (Å²) in [5.41, 5.74) is 8.28. The van der Waals surface area contributed by atoms with Gasteiger partial charge in [0.15, 0.2) is 11.5 Å². The van der Waals surface area contributed by atoms with E-state index in [-0.39, 0.29) is 12.1 Å². The van der Waals surface area contributed by atoms with Crippen molar-refractivity contribution in [2.24, 2.45) is 5.73 Å². The molecule has 1 aliphatic heterocycles. The summed E-state index contributed by atoms with van der Waals surface area (Å²) < 4.78 is 11.1. The molecule has 2 atom stereocenters. The van der Waals surface area contributed by atoms with Crippen LogP contribution in [0.25, 0.3) is 0 Å². The van der Waals surface area contributed by atoms with E-state index in [2.05, 4.69) is 13.0 Å². The minimum absolute atomic E-state index is 0.169. The molecular weight excluding hydrogens is 202 g/mol. The van der Waals surface area contributed by atoms with E-state index in [9.17, 15) is 0 Å². The third-order valence-electron chi connectivity index (χ3n) is 2.80. The Kier molecular flexibility index (Phi) is 3.06. The van der Waals surface area contributed by atoms with Gasteiger partial charge in [-0.1, -0.05) is 6.07 Å². The summed E-state index contributed by atoms with van der Waals surface area (Å²) in [5, 5.41) is 0. The fourth-order valence-corrected chi connectivity index (χ4v) is 2.20. The van der Waals surface area contributed by atoms with Crippen molar-refractivity contribution >= 4 is 0 Å². The molecule has 0 saturated carbocycles. The maximum Gasteiger partial charge on any atom is 0.164 e. The van der Waals surface area contributed by atoms with E-state index in [0.717, 1.165) is 24.3 Å². The van der Waals surface area contributed by atoms with Gasteiger partial charge in [-0.3, -0.25) is 0 Å². The molecule has 1 aromatic rings. The van der Waals surface area contributed by atoms with Crippen molar-refractivity contribution in [2.75, 3.05) is 7.11 Å². The average Bonchev–Trinajstić information content (AvgIpc) is 2.56. The van der Waals surface area contributed by atoms with Crippen LogP contribution >= 0.6 is 0 Å². The van der Waals surface area contributed by atoms with Gasteiger partial charge in [-0.2, -0.15) is 0 Å². The Morgan fingerprint density at radius 2 is 2.31 bits per heavy atom. The first-order valence-corrected chi connectivity index (χ1v) is 5.72. The number of ether oxygens (including phenoxy) is 2. The lowest BCUT2D eigenvalue weighted by Crippen LogP contribution is -2.17. The zero-order valence-corrected chi connectivity index (χ0v) is 10.1. The monoisotopic (exact) mass is 221 g/mol. The largest absolute Gasteiger partial charge is 0.493 e. The van der Waals surface area contributed by atoms with Gasteiger partial charge in [0.25, 0.3) is 0 Å². The van der Waals surface area contributed by atoms with Crippen LogP contribution in [0, 0.1) is 0 Å². The lowest BCUT2D eigenvalue weighted by atomic mass is 10.0. The second-order valence-corrected chi connectivity index (χ2v) is 4.60. The van der Waals surface area contributed by atoms with Crippen LogP contribution in [-0.2, 0) is 12.8 Å². The number of nitrogens with two attached hydrogens (primary N) is 1. The predicted molar refractivity (Wildman–Crippen MR) is 64.1 cm³/mol. The van der Waals surface area contributed by atoms with Crippen molar-refractivity contribution in [3.8, 4) is 11.5 Å². The molecule has 0 bridgehead atoms. The Bertz CT molecular complexity index is 388. The Morgan fingerprint density at radius 1 is 1.56 bits per heavy atom. The minimum Gasteiger partial charge on any atom is -0.493 e. The van der Waals surface area contributed by atoms with E-state index in [0.29, 0.717) is 0 Å². The Hall–Kier alpha value is -1.22. The first-order valence-electron chi connectivity index (χ1n) is 5.72. The van der Waals surface area contributed by atoms with Gasteiger partial charge in [0.05, 0.1) is 7.11 Å². The van der Waals surface area contributed by atoms with Crippen LogP contribution in [0.2, 0.25) is 0 Å². The van der Waals surface area contributed by atoms with Crippen LogP contribution in [0.5, 0.6) is 11.5 Å². The Morgan fingerprint density at radius 3 is 2.94 bits per heavy atom. The smallest absolute Gasteiger partial charge is 0.164 e. The van der Waals surface area contributed by atoms with Gasteiger partial charge < -0.3 is 15.2 Å². The van der Waals surface area contributed by atoms with Gasteiger partial charge in [0, 0.05) is 18.0 Å². The van der Waals surface area contributed by atoms with E-state index in [1.165, 1.54) is 11.1 Å². The van der Waals surface area contributed by atoms with E-state index < -0.39 is 0 Å². The van der Waals surface area contributed by atoms with Gasteiger partial charge in [-0.25, -0.2) is 0 Å². The normalized spacial score (nSPS) is 20.1. The van der Waals surface area contributed by atoms with Crippen molar-refractivity contribution < 1.29 is 9.47 Å². The molecule has 1 aromatic carbocycles. The number of fused-ring (bicyclic) bond motifs is 1. The van der Waals surface area contributed by atoms with Crippen molar-refractivity contribution in [3.05, 3.63) is 23.3 Å². The molecule has 2 rings (SSSR count). The molecule has 16 heavy (non-hydrogen) atoms. The highest BCUT2D eigenvalue weighted by Crippen LogP contribution is 2.39. The molecule has 1 heterocycles. The molecule has 0 radical (unpaired) electrons. The molecule has 2 unspecified atom stereocenters. The van der Waals surface area contributed by atoms with E-state index in [1.807, 2.05) is 13.0 Å². The highest BCUT2D eigenvalue weighted by Gasteiger charge is 2.23. The third kappa shape index (κ3) is 2.14. The molecule has 0 saturated heterocycles. The number of benzene rings is 1. The molecule has 0 amide bonds. The van der Waals surface area contributed by atoms with Crippen molar-refractivity contribution in [1.82, 2.24) is 0 Å². The molecule has 2 N–H and O–H groups in total. The summed E-state index contributed by atoms with van der Waals surface area (Å²) in [7, 11) is 1.68. The molecule has 0 spiro atoms. The molecule has 3 heteroatoms. The molecule has 0 fully saturated rings. The van der Waals surface area contributed by atoms with E-state index in [4.69, 9.17) is 15.2 Å². The third-order valence-corrected chi connectivity index (χ3v) is 2.80. The number of rotatable bonds is 3. The van der Waals surface area contributed by atoms with Crippen molar-refractivity contribution in [3.63, 3.8) is 0 Å².